The van der Waals surface area contributed by atoms with Gasteiger partial charge in [-0.3, -0.25) is 0 Å². The molecule has 0 amide bonds. The third-order valence-electron chi connectivity index (χ3n) is 2.88. The zero-order valence-electron chi connectivity index (χ0n) is 9.93. The average molecular weight is 365 g/mol. The SMILES string of the molecule is CCC[CH2][Sn]12[O]C(=O)CC(O)(CC(=O)[O]1)C(=O)[O]2. The standard InChI is InChI=1S/C6H8O7.C4H9.Sn/c7-3(8)1-6(13,5(11)12)2-4(9)10;1-3-4-2;/h13H,1-2H2,(H,7,8)(H,9,10)(H,11,12);1,3-4H2,2H3;/q;;+3/p-3. The minimum absolute atomic E-state index is 0.268. The Morgan fingerprint density at radius 3 is 2.22 bits per heavy atom. The molecule has 0 aliphatic carbocycles. The first kappa shape index (κ1) is 13.6. The van der Waals surface area contributed by atoms with Crippen molar-refractivity contribution >= 4 is 37.5 Å². The molecular weight excluding hydrogens is 351 g/mol. The second-order valence-electron chi connectivity index (χ2n) is 4.51. The van der Waals surface area contributed by atoms with Gasteiger partial charge in [-0.15, -0.1) is 0 Å². The molecule has 0 aromatic rings. The van der Waals surface area contributed by atoms with E-state index in [0.29, 0.717) is 6.42 Å². The number of carbonyl (C=O) groups excluding carboxylic acids is 3. The fourth-order valence-electron chi connectivity index (χ4n) is 1.95. The predicted molar refractivity (Wildman–Crippen MR) is 57.9 cm³/mol. The van der Waals surface area contributed by atoms with E-state index in [1.807, 2.05) is 6.92 Å². The number of aliphatic hydroxyl groups is 1. The van der Waals surface area contributed by atoms with Crippen molar-refractivity contribution in [1.82, 2.24) is 0 Å². The molecule has 0 radical (unpaired) electrons. The van der Waals surface area contributed by atoms with Crippen LogP contribution < -0.4 is 0 Å². The van der Waals surface area contributed by atoms with Crippen LogP contribution in [0.4, 0.5) is 0 Å². The molecular formula is C10H14O7Sn. The van der Waals surface area contributed by atoms with Crippen LogP contribution in [0, 0.1) is 0 Å². The molecule has 0 spiro atoms. The zero-order valence-corrected chi connectivity index (χ0v) is 12.8. The normalized spacial score (nSPS) is 35.3. The summed E-state index contributed by atoms with van der Waals surface area (Å²) < 4.78 is 15.6. The van der Waals surface area contributed by atoms with Crippen molar-refractivity contribution in [2.75, 3.05) is 0 Å². The molecule has 2 saturated heterocycles. The maximum atomic E-state index is 11.8. The topological polar surface area (TPSA) is 99.1 Å². The second kappa shape index (κ2) is 4.69. The molecule has 2 fully saturated rings. The Bertz CT molecular complexity index is 385. The number of hydrogen-bond acceptors (Lipinski definition) is 7. The number of unbranched alkanes of at least 4 members (excludes halogenated alkanes) is 1. The van der Waals surface area contributed by atoms with E-state index in [-0.39, 0.29) is 4.44 Å². The quantitative estimate of drug-likeness (QED) is 0.697. The van der Waals surface area contributed by atoms with E-state index in [1.165, 1.54) is 0 Å². The summed E-state index contributed by atoms with van der Waals surface area (Å²) in [6.07, 6.45) is 0.315. The first-order chi connectivity index (χ1) is 8.39. The predicted octanol–water partition coefficient (Wildman–Crippen LogP) is -0.107. The first-order valence-electron chi connectivity index (χ1n) is 5.79. The van der Waals surface area contributed by atoms with Crippen molar-refractivity contribution in [3.63, 3.8) is 0 Å². The van der Waals surface area contributed by atoms with Crippen LogP contribution in [0.25, 0.3) is 0 Å². The molecule has 8 heteroatoms. The van der Waals surface area contributed by atoms with Gasteiger partial charge in [-0.1, -0.05) is 0 Å². The summed E-state index contributed by atoms with van der Waals surface area (Å²) in [5, 5.41) is 9.98. The van der Waals surface area contributed by atoms with Gasteiger partial charge in [-0.2, -0.15) is 0 Å². The minimum atomic E-state index is -4.50. The Balaban J connectivity index is 2.36. The fraction of sp³-hybridized carbons (Fsp3) is 0.700. The number of hydrogen-bond donors (Lipinski definition) is 1. The van der Waals surface area contributed by atoms with Crippen LogP contribution in [0.1, 0.15) is 32.6 Å². The van der Waals surface area contributed by atoms with Crippen LogP contribution in [0.3, 0.4) is 0 Å². The van der Waals surface area contributed by atoms with Crippen molar-refractivity contribution in [1.29, 1.82) is 0 Å². The van der Waals surface area contributed by atoms with E-state index in [9.17, 15) is 19.5 Å². The molecule has 2 heterocycles. The summed E-state index contributed by atoms with van der Waals surface area (Å²) in [4.78, 5) is 34.9. The van der Waals surface area contributed by atoms with Gasteiger partial charge in [0.2, 0.25) is 0 Å². The second-order valence-corrected chi connectivity index (χ2v) is 11.6. The average Bonchev–Trinajstić information content (AvgIpc) is 2.36. The van der Waals surface area contributed by atoms with Gasteiger partial charge < -0.3 is 0 Å². The van der Waals surface area contributed by atoms with Gasteiger partial charge in [0.1, 0.15) is 0 Å². The van der Waals surface area contributed by atoms with E-state index in [4.69, 9.17) is 9.22 Å². The molecule has 0 saturated carbocycles. The summed E-state index contributed by atoms with van der Waals surface area (Å²) >= 11 is -4.50. The molecule has 0 aromatic heterocycles. The van der Waals surface area contributed by atoms with Crippen LogP contribution in [0.15, 0.2) is 0 Å². The molecule has 2 bridgehead atoms. The fourth-order valence-corrected chi connectivity index (χ4v) is 9.16. The summed E-state index contributed by atoms with van der Waals surface area (Å²) in [7, 11) is 0. The molecule has 18 heavy (non-hydrogen) atoms. The Morgan fingerprint density at radius 1 is 1.17 bits per heavy atom. The van der Waals surface area contributed by atoms with Gasteiger partial charge in [0, 0.05) is 0 Å². The zero-order chi connectivity index (χ0) is 13.4. The summed E-state index contributed by atoms with van der Waals surface area (Å²) in [5.41, 5.74) is -2.13. The third kappa shape index (κ3) is 2.46. The Morgan fingerprint density at radius 2 is 1.72 bits per heavy atom. The Hall–Kier alpha value is -0.831. The van der Waals surface area contributed by atoms with E-state index in [0.717, 1.165) is 6.42 Å². The van der Waals surface area contributed by atoms with Crippen molar-refractivity contribution in [3.05, 3.63) is 0 Å². The van der Waals surface area contributed by atoms with Crippen LogP contribution in [0.5, 0.6) is 0 Å². The summed E-state index contributed by atoms with van der Waals surface area (Å²) in [5.74, 6) is -2.43. The molecule has 0 atom stereocenters. The molecule has 2 aliphatic rings. The molecule has 100 valence electrons. The summed E-state index contributed by atoms with van der Waals surface area (Å²) in [6.45, 7) is 1.91. The van der Waals surface area contributed by atoms with Gasteiger partial charge in [-0.05, 0) is 0 Å². The van der Waals surface area contributed by atoms with E-state index in [1.54, 1.807) is 0 Å². The van der Waals surface area contributed by atoms with Gasteiger partial charge in [0.15, 0.2) is 0 Å². The molecule has 0 unspecified atom stereocenters. The first-order valence-corrected chi connectivity index (χ1v) is 11.3. The molecule has 2 rings (SSSR count). The van der Waals surface area contributed by atoms with Crippen molar-refractivity contribution in [2.24, 2.45) is 0 Å². The number of rotatable bonds is 3. The molecule has 7 nitrogen and oxygen atoms in total. The Kier molecular flexibility index (Phi) is 3.54. The van der Waals surface area contributed by atoms with Crippen LogP contribution in [-0.4, -0.2) is 48.2 Å². The number of carbonyl (C=O) groups is 3. The Labute approximate surface area is 109 Å². The van der Waals surface area contributed by atoms with Crippen molar-refractivity contribution < 1.29 is 28.7 Å². The third-order valence-corrected chi connectivity index (χ3v) is 10.1. The molecule has 0 aromatic carbocycles. The van der Waals surface area contributed by atoms with Gasteiger partial charge in [0.25, 0.3) is 0 Å². The van der Waals surface area contributed by atoms with E-state index >= 15 is 0 Å². The van der Waals surface area contributed by atoms with Crippen molar-refractivity contribution in [2.45, 2.75) is 42.6 Å². The molecule has 1 N–H and O–H groups in total. The van der Waals surface area contributed by atoms with Gasteiger partial charge in [-0.25, -0.2) is 0 Å². The maximum absolute atomic E-state index is 11.8. The molecule has 2 aliphatic heterocycles. The number of fused-ring (bicyclic) bond motifs is 3. The van der Waals surface area contributed by atoms with E-state index < -0.39 is 56.0 Å². The van der Waals surface area contributed by atoms with E-state index in [2.05, 4.69) is 0 Å². The van der Waals surface area contributed by atoms with Crippen LogP contribution >= 0.6 is 0 Å². The van der Waals surface area contributed by atoms with Crippen molar-refractivity contribution in [3.8, 4) is 0 Å². The van der Waals surface area contributed by atoms with Gasteiger partial charge >= 0.3 is 109 Å². The van der Waals surface area contributed by atoms with Crippen LogP contribution in [0.2, 0.25) is 4.44 Å². The van der Waals surface area contributed by atoms with Gasteiger partial charge in [0.05, 0.1) is 0 Å². The van der Waals surface area contributed by atoms with Crippen LogP contribution in [-0.2, 0) is 23.6 Å². The monoisotopic (exact) mass is 366 g/mol. The summed E-state index contributed by atoms with van der Waals surface area (Å²) in [6, 6.07) is 0.